The van der Waals surface area contributed by atoms with E-state index in [2.05, 4.69) is 30.8 Å². The molecule has 1 aliphatic rings. The third kappa shape index (κ3) is 3.37. The van der Waals surface area contributed by atoms with Crippen LogP contribution in [0.3, 0.4) is 0 Å². The fraction of sp³-hybridized carbons (Fsp3) is 0.800. The second-order valence-electron chi connectivity index (χ2n) is 3.92. The number of nitrogens with one attached hydrogen (secondary N) is 1. The van der Waals surface area contributed by atoms with Crippen molar-refractivity contribution in [1.82, 2.24) is 10.2 Å². The second-order valence-corrected chi connectivity index (χ2v) is 3.92. The molecule has 1 rings (SSSR count). The maximum absolute atomic E-state index is 3.88. The van der Waals surface area contributed by atoms with Gasteiger partial charge in [-0.2, -0.15) is 0 Å². The number of nitrogens with zero attached hydrogens (tertiary/aromatic N) is 1. The number of rotatable bonds is 3. The maximum Gasteiger partial charge on any atom is 0.0161 e. The van der Waals surface area contributed by atoms with E-state index < -0.39 is 0 Å². The van der Waals surface area contributed by atoms with E-state index in [4.69, 9.17) is 0 Å². The Kier molecular flexibility index (Phi) is 3.76. The highest BCUT2D eigenvalue weighted by Gasteiger charge is 2.15. The van der Waals surface area contributed by atoms with E-state index in [9.17, 15) is 0 Å². The van der Waals surface area contributed by atoms with Gasteiger partial charge in [0.2, 0.25) is 0 Å². The first-order valence-electron chi connectivity index (χ1n) is 4.75. The first kappa shape index (κ1) is 9.75. The lowest BCUT2D eigenvalue weighted by molar-refractivity contribution is 0.237. The molecule has 0 radical (unpaired) electrons. The monoisotopic (exact) mass is 168 g/mol. The molecule has 2 nitrogen and oxygen atoms in total. The van der Waals surface area contributed by atoms with Crippen LogP contribution < -0.4 is 5.32 Å². The van der Waals surface area contributed by atoms with Crippen LogP contribution in [0.1, 0.15) is 19.8 Å². The van der Waals surface area contributed by atoms with Gasteiger partial charge in [-0.1, -0.05) is 12.2 Å². The average molecular weight is 168 g/mol. The van der Waals surface area contributed by atoms with Crippen molar-refractivity contribution in [2.75, 3.05) is 26.7 Å². The minimum atomic E-state index is 0.720. The molecule has 1 heterocycles. The maximum atomic E-state index is 3.88. The zero-order chi connectivity index (χ0) is 8.97. The van der Waals surface area contributed by atoms with Crippen LogP contribution in [0.4, 0.5) is 0 Å². The summed E-state index contributed by atoms with van der Waals surface area (Å²) in [5.74, 6) is 0. The Labute approximate surface area is 75.6 Å². The number of hydrogen-bond donors (Lipinski definition) is 1. The smallest absolute Gasteiger partial charge is 0.0161 e. The highest BCUT2D eigenvalue weighted by molar-refractivity contribution is 4.92. The minimum absolute atomic E-state index is 0.720. The Bertz CT molecular complexity index is 146. The Balaban J connectivity index is 2.13. The van der Waals surface area contributed by atoms with Crippen LogP contribution in [0.25, 0.3) is 0 Å². The SMILES string of the molecule is C=C(C)CNC1CCN(C)CC1. The summed E-state index contributed by atoms with van der Waals surface area (Å²) >= 11 is 0. The molecule has 0 amide bonds. The van der Waals surface area contributed by atoms with Gasteiger partial charge >= 0.3 is 0 Å². The predicted octanol–water partition coefficient (Wildman–Crippen LogP) is 1.25. The van der Waals surface area contributed by atoms with Gasteiger partial charge < -0.3 is 10.2 Å². The second kappa shape index (κ2) is 4.63. The molecule has 0 aromatic heterocycles. The molecule has 0 atom stereocenters. The van der Waals surface area contributed by atoms with Gasteiger partial charge in [0, 0.05) is 12.6 Å². The lowest BCUT2D eigenvalue weighted by Crippen LogP contribution is -2.41. The first-order chi connectivity index (χ1) is 5.68. The number of piperidine rings is 1. The van der Waals surface area contributed by atoms with Crippen LogP contribution in [0, 0.1) is 0 Å². The van der Waals surface area contributed by atoms with E-state index in [1.807, 2.05) is 0 Å². The fourth-order valence-corrected chi connectivity index (χ4v) is 1.53. The summed E-state index contributed by atoms with van der Waals surface area (Å²) in [5, 5.41) is 3.52. The largest absolute Gasteiger partial charge is 0.310 e. The quantitative estimate of drug-likeness (QED) is 0.638. The molecule has 70 valence electrons. The van der Waals surface area contributed by atoms with Crippen LogP contribution >= 0.6 is 0 Å². The van der Waals surface area contributed by atoms with Crippen molar-refractivity contribution in [1.29, 1.82) is 0 Å². The van der Waals surface area contributed by atoms with Crippen molar-refractivity contribution in [3.8, 4) is 0 Å². The van der Waals surface area contributed by atoms with E-state index in [-0.39, 0.29) is 0 Å². The van der Waals surface area contributed by atoms with Gasteiger partial charge in [0.25, 0.3) is 0 Å². The Morgan fingerprint density at radius 1 is 1.50 bits per heavy atom. The third-order valence-corrected chi connectivity index (χ3v) is 2.41. The molecule has 1 aliphatic heterocycles. The van der Waals surface area contributed by atoms with Crippen molar-refractivity contribution >= 4 is 0 Å². The topological polar surface area (TPSA) is 15.3 Å². The van der Waals surface area contributed by atoms with Crippen LogP contribution in [0.15, 0.2) is 12.2 Å². The predicted molar refractivity (Wildman–Crippen MR) is 53.3 cm³/mol. The molecule has 0 aliphatic carbocycles. The zero-order valence-electron chi connectivity index (χ0n) is 8.27. The van der Waals surface area contributed by atoms with Crippen LogP contribution in [-0.4, -0.2) is 37.6 Å². The summed E-state index contributed by atoms with van der Waals surface area (Å²) in [7, 11) is 2.19. The molecule has 0 aromatic rings. The molecule has 0 unspecified atom stereocenters. The van der Waals surface area contributed by atoms with E-state index >= 15 is 0 Å². The molecular weight excluding hydrogens is 148 g/mol. The van der Waals surface area contributed by atoms with E-state index in [0.717, 1.165) is 12.6 Å². The Morgan fingerprint density at radius 2 is 2.08 bits per heavy atom. The molecule has 2 heteroatoms. The molecule has 0 spiro atoms. The van der Waals surface area contributed by atoms with Crippen molar-refractivity contribution in [2.24, 2.45) is 0 Å². The molecule has 1 saturated heterocycles. The average Bonchev–Trinajstić information content (AvgIpc) is 2.03. The van der Waals surface area contributed by atoms with Gasteiger partial charge in [-0.15, -0.1) is 0 Å². The molecule has 1 N–H and O–H groups in total. The number of hydrogen-bond acceptors (Lipinski definition) is 2. The van der Waals surface area contributed by atoms with Crippen molar-refractivity contribution < 1.29 is 0 Å². The summed E-state index contributed by atoms with van der Waals surface area (Å²) in [4.78, 5) is 2.39. The molecule has 12 heavy (non-hydrogen) atoms. The van der Waals surface area contributed by atoms with Gasteiger partial charge in [-0.3, -0.25) is 0 Å². The Hall–Kier alpha value is -0.340. The van der Waals surface area contributed by atoms with Gasteiger partial charge in [0.05, 0.1) is 0 Å². The summed E-state index contributed by atoms with van der Waals surface area (Å²) in [6, 6.07) is 0.720. The normalized spacial score (nSPS) is 21.2. The van der Waals surface area contributed by atoms with Gasteiger partial charge in [0.1, 0.15) is 0 Å². The lowest BCUT2D eigenvalue weighted by Gasteiger charge is -2.29. The first-order valence-corrected chi connectivity index (χ1v) is 4.75. The van der Waals surface area contributed by atoms with Crippen LogP contribution in [0.5, 0.6) is 0 Å². The Morgan fingerprint density at radius 3 is 2.58 bits per heavy atom. The molecule has 1 fully saturated rings. The van der Waals surface area contributed by atoms with E-state index in [1.165, 1.54) is 31.5 Å². The van der Waals surface area contributed by atoms with Crippen LogP contribution in [0.2, 0.25) is 0 Å². The summed E-state index contributed by atoms with van der Waals surface area (Å²) in [5.41, 5.74) is 1.23. The summed E-state index contributed by atoms with van der Waals surface area (Å²) in [6.45, 7) is 9.39. The minimum Gasteiger partial charge on any atom is -0.310 e. The van der Waals surface area contributed by atoms with E-state index in [1.54, 1.807) is 0 Å². The highest BCUT2D eigenvalue weighted by Crippen LogP contribution is 2.07. The molecule has 0 bridgehead atoms. The van der Waals surface area contributed by atoms with Crippen molar-refractivity contribution in [3.63, 3.8) is 0 Å². The fourth-order valence-electron chi connectivity index (χ4n) is 1.53. The van der Waals surface area contributed by atoms with E-state index in [0.29, 0.717) is 0 Å². The van der Waals surface area contributed by atoms with Crippen molar-refractivity contribution in [3.05, 3.63) is 12.2 Å². The molecular formula is C10H20N2. The molecule has 0 saturated carbocycles. The van der Waals surface area contributed by atoms with Gasteiger partial charge in [-0.25, -0.2) is 0 Å². The summed E-state index contributed by atoms with van der Waals surface area (Å²) in [6.07, 6.45) is 2.56. The van der Waals surface area contributed by atoms with Gasteiger partial charge in [-0.05, 0) is 39.9 Å². The number of likely N-dealkylation sites (tertiary alicyclic amines) is 1. The van der Waals surface area contributed by atoms with Crippen molar-refractivity contribution in [2.45, 2.75) is 25.8 Å². The van der Waals surface area contributed by atoms with Crippen LogP contribution in [-0.2, 0) is 0 Å². The zero-order valence-corrected chi connectivity index (χ0v) is 8.27. The standard InChI is InChI=1S/C10H20N2/c1-9(2)8-11-10-4-6-12(3)7-5-10/h10-11H,1,4-8H2,2-3H3. The third-order valence-electron chi connectivity index (χ3n) is 2.41. The lowest BCUT2D eigenvalue weighted by atomic mass is 10.1. The highest BCUT2D eigenvalue weighted by atomic mass is 15.1. The summed E-state index contributed by atoms with van der Waals surface area (Å²) < 4.78 is 0. The van der Waals surface area contributed by atoms with Gasteiger partial charge in [0.15, 0.2) is 0 Å². The molecule has 0 aromatic carbocycles.